The number of benzene rings is 1. The van der Waals surface area contributed by atoms with E-state index < -0.39 is 5.97 Å². The molecule has 0 aliphatic rings. The number of rotatable bonds is 8. The first-order chi connectivity index (χ1) is 12.8. The van der Waals surface area contributed by atoms with E-state index in [0.29, 0.717) is 28.0 Å². The number of hydrogen-bond donors (Lipinski definition) is 0. The Morgan fingerprint density at radius 3 is 2.52 bits per heavy atom. The van der Waals surface area contributed by atoms with Gasteiger partial charge in [0.2, 0.25) is 5.91 Å². The fourth-order valence-electron chi connectivity index (χ4n) is 2.47. The number of amides is 1. The van der Waals surface area contributed by atoms with Crippen molar-refractivity contribution in [3.05, 3.63) is 46.2 Å². The first kappa shape index (κ1) is 21.0. The lowest BCUT2D eigenvalue weighted by atomic mass is 10.1. The van der Waals surface area contributed by atoms with Crippen LogP contribution in [0.1, 0.15) is 54.5 Å². The summed E-state index contributed by atoms with van der Waals surface area (Å²) in [7, 11) is 0. The highest BCUT2D eigenvalue weighted by molar-refractivity contribution is 7.17. The molecule has 0 aliphatic heterocycles. The molecule has 0 radical (unpaired) electrons. The van der Waals surface area contributed by atoms with Crippen molar-refractivity contribution < 1.29 is 18.7 Å². The van der Waals surface area contributed by atoms with Crippen LogP contribution in [0.4, 0.5) is 9.52 Å². The van der Waals surface area contributed by atoms with Crippen molar-refractivity contribution in [3.63, 3.8) is 0 Å². The van der Waals surface area contributed by atoms with Crippen LogP contribution >= 0.6 is 11.3 Å². The summed E-state index contributed by atoms with van der Waals surface area (Å²) in [6.07, 6.45) is 1.14. The van der Waals surface area contributed by atoms with Crippen LogP contribution in [0.15, 0.2) is 24.3 Å². The van der Waals surface area contributed by atoms with Gasteiger partial charge in [0.25, 0.3) is 0 Å². The van der Waals surface area contributed by atoms with Gasteiger partial charge in [-0.3, -0.25) is 9.69 Å². The first-order valence-electron chi connectivity index (χ1n) is 9.01. The molecule has 27 heavy (non-hydrogen) atoms. The van der Waals surface area contributed by atoms with E-state index >= 15 is 0 Å². The van der Waals surface area contributed by atoms with Gasteiger partial charge in [0.05, 0.1) is 18.8 Å². The van der Waals surface area contributed by atoms with Gasteiger partial charge >= 0.3 is 5.97 Å². The summed E-state index contributed by atoms with van der Waals surface area (Å²) in [5.41, 5.74) is 1.33. The summed E-state index contributed by atoms with van der Waals surface area (Å²) >= 11 is 1.15. The van der Waals surface area contributed by atoms with Gasteiger partial charge in [-0.25, -0.2) is 14.2 Å². The van der Waals surface area contributed by atoms with E-state index in [9.17, 15) is 14.0 Å². The number of hydrogen-bond acceptors (Lipinski definition) is 5. The standard InChI is InChI=1S/C20H25FN2O3S/c1-5-26-19(25)18-14(4)22-20(27-18)23(17(24)11-6-13(2)3)12-15-7-9-16(21)10-8-15/h7-10,13H,5-6,11-12H2,1-4H3. The average Bonchev–Trinajstić information content (AvgIpc) is 3.01. The maximum atomic E-state index is 13.2. The number of aromatic nitrogens is 1. The molecule has 2 aromatic rings. The van der Waals surface area contributed by atoms with E-state index in [1.165, 1.54) is 12.1 Å². The van der Waals surface area contributed by atoms with Crippen molar-refractivity contribution in [2.75, 3.05) is 11.5 Å². The normalized spacial score (nSPS) is 10.9. The van der Waals surface area contributed by atoms with Gasteiger partial charge in [-0.1, -0.05) is 37.3 Å². The molecule has 146 valence electrons. The Hall–Kier alpha value is -2.28. The molecule has 0 N–H and O–H groups in total. The highest BCUT2D eigenvalue weighted by Crippen LogP contribution is 2.29. The molecule has 0 fully saturated rings. The summed E-state index contributed by atoms with van der Waals surface area (Å²) in [4.78, 5) is 31.3. The third-order valence-corrected chi connectivity index (χ3v) is 5.13. The van der Waals surface area contributed by atoms with Crippen LogP contribution in [0.25, 0.3) is 0 Å². The van der Waals surface area contributed by atoms with Gasteiger partial charge in [0, 0.05) is 6.42 Å². The molecule has 1 aromatic heterocycles. The molecule has 7 heteroatoms. The van der Waals surface area contributed by atoms with Crippen molar-refractivity contribution in [2.45, 2.75) is 47.1 Å². The zero-order valence-corrected chi connectivity index (χ0v) is 16.9. The molecule has 0 spiro atoms. The smallest absolute Gasteiger partial charge is 0.350 e. The minimum atomic E-state index is -0.435. The van der Waals surface area contributed by atoms with Crippen molar-refractivity contribution in [2.24, 2.45) is 5.92 Å². The highest BCUT2D eigenvalue weighted by atomic mass is 32.1. The summed E-state index contributed by atoms with van der Waals surface area (Å²) in [5, 5.41) is 0.452. The monoisotopic (exact) mass is 392 g/mol. The topological polar surface area (TPSA) is 59.5 Å². The van der Waals surface area contributed by atoms with Crippen LogP contribution in [-0.4, -0.2) is 23.5 Å². The minimum Gasteiger partial charge on any atom is -0.462 e. The lowest BCUT2D eigenvalue weighted by Crippen LogP contribution is -2.30. The molecule has 2 rings (SSSR count). The number of thiazole rings is 1. The number of anilines is 1. The quantitative estimate of drug-likeness (QED) is 0.609. The molecule has 0 aliphatic carbocycles. The number of nitrogens with zero attached hydrogens (tertiary/aromatic N) is 2. The lowest BCUT2D eigenvalue weighted by molar-refractivity contribution is -0.119. The largest absolute Gasteiger partial charge is 0.462 e. The third-order valence-electron chi connectivity index (χ3n) is 3.97. The number of carbonyl (C=O) groups excluding carboxylic acids is 2. The molecular formula is C20H25FN2O3S. The Morgan fingerprint density at radius 2 is 1.93 bits per heavy atom. The van der Waals surface area contributed by atoms with Gasteiger partial charge < -0.3 is 4.74 Å². The fourth-order valence-corrected chi connectivity index (χ4v) is 3.44. The molecule has 0 saturated carbocycles. The van der Waals surface area contributed by atoms with Crippen LogP contribution in [0.3, 0.4) is 0 Å². The second-order valence-electron chi connectivity index (χ2n) is 6.67. The lowest BCUT2D eigenvalue weighted by Gasteiger charge is -2.20. The van der Waals surface area contributed by atoms with Gasteiger partial charge in [0.15, 0.2) is 5.13 Å². The van der Waals surface area contributed by atoms with Crippen LogP contribution in [-0.2, 0) is 16.1 Å². The van der Waals surface area contributed by atoms with Gasteiger partial charge in [-0.05, 0) is 43.9 Å². The maximum absolute atomic E-state index is 13.2. The van der Waals surface area contributed by atoms with E-state index in [-0.39, 0.29) is 24.9 Å². The number of halogens is 1. The zero-order chi connectivity index (χ0) is 20.0. The Bertz CT molecular complexity index is 787. The second-order valence-corrected chi connectivity index (χ2v) is 7.65. The molecule has 0 saturated heterocycles. The Morgan fingerprint density at radius 1 is 1.26 bits per heavy atom. The minimum absolute atomic E-state index is 0.0721. The van der Waals surface area contributed by atoms with Crippen LogP contribution in [0.2, 0.25) is 0 Å². The predicted octanol–water partition coefficient (Wildman–Crippen LogP) is 4.74. The van der Waals surface area contributed by atoms with E-state index in [1.807, 2.05) is 0 Å². The van der Waals surface area contributed by atoms with Crippen LogP contribution < -0.4 is 4.90 Å². The van der Waals surface area contributed by atoms with E-state index in [2.05, 4.69) is 18.8 Å². The molecule has 0 bridgehead atoms. The summed E-state index contributed by atoms with van der Waals surface area (Å²) in [6.45, 7) is 8.13. The zero-order valence-electron chi connectivity index (χ0n) is 16.1. The number of esters is 1. The molecular weight excluding hydrogens is 367 g/mol. The summed E-state index contributed by atoms with van der Waals surface area (Å²) in [6, 6.07) is 6.02. The van der Waals surface area contributed by atoms with Crippen molar-refractivity contribution in [1.29, 1.82) is 0 Å². The van der Waals surface area contributed by atoms with E-state index in [1.54, 1.807) is 30.9 Å². The number of carbonyl (C=O) groups is 2. The predicted molar refractivity (Wildman–Crippen MR) is 104 cm³/mol. The van der Waals surface area contributed by atoms with Crippen LogP contribution in [0.5, 0.6) is 0 Å². The number of aryl methyl sites for hydroxylation is 1. The maximum Gasteiger partial charge on any atom is 0.350 e. The van der Waals surface area contributed by atoms with E-state index in [0.717, 1.165) is 23.3 Å². The molecule has 1 aromatic carbocycles. The molecule has 1 heterocycles. The molecule has 0 atom stereocenters. The third kappa shape index (κ3) is 5.85. The number of ether oxygens (including phenoxy) is 1. The average molecular weight is 392 g/mol. The Balaban J connectivity index is 2.30. The second kappa shape index (κ2) is 9.60. The Kier molecular flexibility index (Phi) is 7.47. The fraction of sp³-hybridized carbons (Fsp3) is 0.450. The van der Waals surface area contributed by atoms with Gasteiger partial charge in [-0.15, -0.1) is 0 Å². The van der Waals surface area contributed by atoms with Crippen molar-refractivity contribution in [1.82, 2.24) is 4.98 Å². The molecule has 1 amide bonds. The van der Waals surface area contributed by atoms with Crippen molar-refractivity contribution >= 4 is 28.3 Å². The molecule has 5 nitrogen and oxygen atoms in total. The SMILES string of the molecule is CCOC(=O)c1sc(N(Cc2ccc(F)cc2)C(=O)CCC(C)C)nc1C. The summed E-state index contributed by atoms with van der Waals surface area (Å²) in [5.74, 6) is -0.437. The Labute approximate surface area is 163 Å². The first-order valence-corrected chi connectivity index (χ1v) is 9.82. The van der Waals surface area contributed by atoms with Gasteiger partial charge in [0.1, 0.15) is 10.7 Å². The molecule has 0 unspecified atom stereocenters. The van der Waals surface area contributed by atoms with Gasteiger partial charge in [-0.2, -0.15) is 0 Å². The van der Waals surface area contributed by atoms with Crippen molar-refractivity contribution in [3.8, 4) is 0 Å². The van der Waals surface area contributed by atoms with Crippen LogP contribution in [0, 0.1) is 18.7 Å². The highest BCUT2D eigenvalue weighted by Gasteiger charge is 2.24. The van der Waals surface area contributed by atoms with E-state index in [4.69, 9.17) is 4.74 Å². The summed E-state index contributed by atoms with van der Waals surface area (Å²) < 4.78 is 18.2.